The van der Waals surface area contributed by atoms with E-state index in [2.05, 4.69) is 27.4 Å². The fourth-order valence-electron chi connectivity index (χ4n) is 2.09. The molecule has 1 atom stereocenters. The van der Waals surface area contributed by atoms with E-state index in [1.54, 1.807) is 17.5 Å². The minimum Gasteiger partial charge on any atom is -0.357 e. The summed E-state index contributed by atoms with van der Waals surface area (Å²) in [5.41, 5.74) is 1.97. The molecular formula is C12H16N6S. The lowest BCUT2D eigenvalue weighted by atomic mass is 10.3. The molecule has 0 spiro atoms. The molecule has 3 aromatic heterocycles. The van der Waals surface area contributed by atoms with E-state index in [-0.39, 0.29) is 6.04 Å². The molecule has 0 aliphatic rings. The topological polar surface area (TPSA) is 60.6 Å². The predicted molar refractivity (Wildman–Crippen MR) is 76.4 cm³/mol. The van der Waals surface area contributed by atoms with Gasteiger partial charge in [0.05, 0.1) is 16.9 Å². The molecule has 1 unspecified atom stereocenters. The molecule has 1 N–H and O–H groups in total. The molecule has 0 aliphatic carbocycles. The Morgan fingerprint density at radius 1 is 1.47 bits per heavy atom. The van der Waals surface area contributed by atoms with Gasteiger partial charge in [-0.1, -0.05) is 11.3 Å². The van der Waals surface area contributed by atoms with Gasteiger partial charge in [0, 0.05) is 25.5 Å². The lowest BCUT2D eigenvalue weighted by Crippen LogP contribution is -2.22. The Balaban J connectivity index is 1.76. The molecule has 6 nitrogen and oxygen atoms in total. The monoisotopic (exact) mass is 276 g/mol. The van der Waals surface area contributed by atoms with Gasteiger partial charge < -0.3 is 5.32 Å². The van der Waals surface area contributed by atoms with Crippen molar-refractivity contribution in [3.05, 3.63) is 24.2 Å². The summed E-state index contributed by atoms with van der Waals surface area (Å²) in [6.07, 6.45) is 3.75. The fraction of sp³-hybridized carbons (Fsp3) is 0.417. The smallest absolute Gasteiger partial charge is 0.185 e. The molecule has 3 heterocycles. The second kappa shape index (κ2) is 4.65. The van der Waals surface area contributed by atoms with Gasteiger partial charge in [-0.05, 0) is 19.9 Å². The standard InChI is InChI=1S/C12H16N6S/c1-8(7-18-6-4-5-13-18)14-12-15-11-10(19-12)9(2)16-17(11)3/h4-6,8H,7H2,1-3H3,(H,14,15). The zero-order valence-corrected chi connectivity index (χ0v) is 12.0. The summed E-state index contributed by atoms with van der Waals surface area (Å²) < 4.78 is 4.89. The first-order valence-corrected chi connectivity index (χ1v) is 6.99. The fourth-order valence-corrected chi connectivity index (χ4v) is 3.14. The molecular weight excluding hydrogens is 260 g/mol. The molecule has 19 heavy (non-hydrogen) atoms. The van der Waals surface area contributed by atoms with E-state index in [9.17, 15) is 0 Å². The van der Waals surface area contributed by atoms with E-state index in [1.807, 2.05) is 35.6 Å². The van der Waals surface area contributed by atoms with Crippen LogP contribution in [0.5, 0.6) is 0 Å². The summed E-state index contributed by atoms with van der Waals surface area (Å²) in [4.78, 5) is 4.58. The first-order valence-electron chi connectivity index (χ1n) is 6.17. The Labute approximate surface area is 115 Å². The van der Waals surface area contributed by atoms with Crippen LogP contribution in [-0.2, 0) is 13.6 Å². The Bertz CT molecular complexity index is 646. The second-order valence-electron chi connectivity index (χ2n) is 4.65. The van der Waals surface area contributed by atoms with Crippen molar-refractivity contribution in [1.29, 1.82) is 0 Å². The van der Waals surface area contributed by atoms with E-state index in [0.717, 1.165) is 27.7 Å². The van der Waals surface area contributed by atoms with Gasteiger partial charge in [0.1, 0.15) is 0 Å². The number of fused-ring (bicyclic) bond motifs is 1. The SMILES string of the molecule is Cc1nn(C)c2nc(NC(C)Cn3cccn3)sc12. The van der Waals surface area contributed by atoms with Crippen molar-refractivity contribution in [3.63, 3.8) is 0 Å². The molecule has 0 bridgehead atoms. The summed E-state index contributed by atoms with van der Waals surface area (Å²) in [5, 5.41) is 12.9. The van der Waals surface area contributed by atoms with Gasteiger partial charge in [-0.15, -0.1) is 0 Å². The molecule has 0 saturated carbocycles. The van der Waals surface area contributed by atoms with Gasteiger partial charge in [0.15, 0.2) is 10.8 Å². The van der Waals surface area contributed by atoms with Crippen molar-refractivity contribution in [2.45, 2.75) is 26.4 Å². The lowest BCUT2D eigenvalue weighted by Gasteiger charge is -2.12. The van der Waals surface area contributed by atoms with Crippen LogP contribution in [0, 0.1) is 6.92 Å². The number of nitrogens with one attached hydrogen (secondary N) is 1. The highest BCUT2D eigenvalue weighted by Crippen LogP contribution is 2.28. The third-order valence-corrected chi connectivity index (χ3v) is 4.02. The molecule has 100 valence electrons. The molecule has 0 radical (unpaired) electrons. The van der Waals surface area contributed by atoms with E-state index in [1.165, 1.54) is 0 Å². The Morgan fingerprint density at radius 3 is 3.00 bits per heavy atom. The minimum atomic E-state index is 0.272. The van der Waals surface area contributed by atoms with Gasteiger partial charge in [0.2, 0.25) is 0 Å². The van der Waals surface area contributed by atoms with Crippen LogP contribution in [-0.4, -0.2) is 30.6 Å². The van der Waals surface area contributed by atoms with Gasteiger partial charge in [-0.25, -0.2) is 9.67 Å². The first-order chi connectivity index (χ1) is 9.13. The predicted octanol–water partition coefficient (Wildman–Crippen LogP) is 2.04. The summed E-state index contributed by atoms with van der Waals surface area (Å²) in [6, 6.07) is 2.20. The van der Waals surface area contributed by atoms with Crippen molar-refractivity contribution in [3.8, 4) is 0 Å². The van der Waals surface area contributed by atoms with Crippen LogP contribution in [0.2, 0.25) is 0 Å². The summed E-state index contributed by atoms with van der Waals surface area (Å²) in [5.74, 6) is 0. The third kappa shape index (κ3) is 2.33. The maximum atomic E-state index is 4.58. The highest BCUT2D eigenvalue weighted by atomic mass is 32.1. The molecule has 0 amide bonds. The molecule has 3 rings (SSSR count). The summed E-state index contributed by atoms with van der Waals surface area (Å²) >= 11 is 1.65. The van der Waals surface area contributed by atoms with E-state index < -0.39 is 0 Å². The Hall–Kier alpha value is -1.89. The van der Waals surface area contributed by atoms with Crippen LogP contribution in [0.15, 0.2) is 18.5 Å². The number of anilines is 1. The van der Waals surface area contributed by atoms with Crippen LogP contribution >= 0.6 is 11.3 Å². The van der Waals surface area contributed by atoms with Crippen molar-refractivity contribution >= 4 is 26.8 Å². The molecule has 0 aromatic carbocycles. The van der Waals surface area contributed by atoms with E-state index >= 15 is 0 Å². The quantitative estimate of drug-likeness (QED) is 0.792. The van der Waals surface area contributed by atoms with Crippen molar-refractivity contribution in [1.82, 2.24) is 24.5 Å². The van der Waals surface area contributed by atoms with Gasteiger partial charge >= 0.3 is 0 Å². The maximum Gasteiger partial charge on any atom is 0.185 e. The number of aryl methyl sites for hydroxylation is 2. The zero-order valence-electron chi connectivity index (χ0n) is 11.2. The first kappa shape index (κ1) is 12.2. The van der Waals surface area contributed by atoms with Gasteiger partial charge in [-0.3, -0.25) is 4.68 Å². The minimum absolute atomic E-state index is 0.272. The Kier molecular flexibility index (Phi) is 2.98. The van der Waals surface area contributed by atoms with Crippen molar-refractivity contribution < 1.29 is 0 Å². The number of hydrogen-bond acceptors (Lipinski definition) is 5. The van der Waals surface area contributed by atoms with Crippen LogP contribution < -0.4 is 5.32 Å². The van der Waals surface area contributed by atoms with Crippen LogP contribution in [0.4, 0.5) is 5.13 Å². The molecule has 0 fully saturated rings. The normalized spacial score (nSPS) is 13.0. The van der Waals surface area contributed by atoms with Crippen LogP contribution in [0.3, 0.4) is 0 Å². The van der Waals surface area contributed by atoms with Gasteiger partial charge in [-0.2, -0.15) is 10.2 Å². The molecule has 3 aromatic rings. The number of nitrogens with zero attached hydrogens (tertiary/aromatic N) is 5. The van der Waals surface area contributed by atoms with Crippen LogP contribution in [0.25, 0.3) is 10.3 Å². The van der Waals surface area contributed by atoms with Crippen molar-refractivity contribution in [2.24, 2.45) is 7.05 Å². The van der Waals surface area contributed by atoms with E-state index in [0.29, 0.717) is 0 Å². The molecule has 0 aliphatic heterocycles. The summed E-state index contributed by atoms with van der Waals surface area (Å²) in [6.45, 7) is 4.95. The lowest BCUT2D eigenvalue weighted by molar-refractivity contribution is 0.560. The maximum absolute atomic E-state index is 4.58. The zero-order chi connectivity index (χ0) is 13.4. The third-order valence-electron chi connectivity index (χ3n) is 2.93. The Morgan fingerprint density at radius 2 is 2.32 bits per heavy atom. The average Bonchev–Trinajstić information content (AvgIpc) is 3.01. The van der Waals surface area contributed by atoms with Crippen LogP contribution in [0.1, 0.15) is 12.6 Å². The molecule has 7 heteroatoms. The van der Waals surface area contributed by atoms with Gasteiger partial charge in [0.25, 0.3) is 0 Å². The van der Waals surface area contributed by atoms with E-state index in [4.69, 9.17) is 0 Å². The second-order valence-corrected chi connectivity index (χ2v) is 5.65. The summed E-state index contributed by atoms with van der Waals surface area (Å²) in [7, 11) is 1.92. The highest BCUT2D eigenvalue weighted by molar-refractivity contribution is 7.22. The number of thiazole rings is 1. The molecule has 0 saturated heterocycles. The average molecular weight is 276 g/mol. The number of hydrogen-bond donors (Lipinski definition) is 1. The number of aromatic nitrogens is 5. The number of rotatable bonds is 4. The highest BCUT2D eigenvalue weighted by Gasteiger charge is 2.13. The van der Waals surface area contributed by atoms with Crippen molar-refractivity contribution in [2.75, 3.05) is 5.32 Å². The largest absolute Gasteiger partial charge is 0.357 e.